The number of fused-ring (bicyclic) bond motifs is 1. The Balaban J connectivity index is 1.61. The summed E-state index contributed by atoms with van der Waals surface area (Å²) < 4.78 is 6.85. The van der Waals surface area contributed by atoms with Crippen LogP contribution in [0.2, 0.25) is 0 Å². The van der Waals surface area contributed by atoms with Gasteiger partial charge in [0.15, 0.2) is 0 Å². The summed E-state index contributed by atoms with van der Waals surface area (Å²) in [5.41, 5.74) is 3.33. The molecular formula is C25H23N3O3. The Bertz CT molecular complexity index is 1300. The summed E-state index contributed by atoms with van der Waals surface area (Å²) in [5.74, 6) is 0.460. The van der Waals surface area contributed by atoms with Crippen LogP contribution in [0.1, 0.15) is 27.2 Å². The second-order valence-electron chi connectivity index (χ2n) is 7.32. The highest BCUT2D eigenvalue weighted by Gasteiger charge is 2.14. The van der Waals surface area contributed by atoms with Crippen LogP contribution >= 0.6 is 0 Å². The molecule has 31 heavy (non-hydrogen) atoms. The van der Waals surface area contributed by atoms with Crippen molar-refractivity contribution >= 4 is 16.8 Å². The molecule has 0 fully saturated rings. The van der Waals surface area contributed by atoms with Crippen molar-refractivity contribution in [1.29, 1.82) is 0 Å². The fourth-order valence-corrected chi connectivity index (χ4v) is 3.50. The van der Waals surface area contributed by atoms with Gasteiger partial charge in [-0.1, -0.05) is 42.5 Å². The van der Waals surface area contributed by atoms with Crippen LogP contribution in [-0.4, -0.2) is 22.6 Å². The highest BCUT2D eigenvalue weighted by molar-refractivity contribution is 5.98. The summed E-state index contributed by atoms with van der Waals surface area (Å²) >= 11 is 0. The normalized spacial score (nSPS) is 10.8. The molecule has 2 aromatic carbocycles. The van der Waals surface area contributed by atoms with Gasteiger partial charge in [0.25, 0.3) is 11.5 Å². The summed E-state index contributed by atoms with van der Waals surface area (Å²) in [6.45, 7) is 2.58. The fourth-order valence-electron chi connectivity index (χ4n) is 3.50. The van der Waals surface area contributed by atoms with E-state index in [1.54, 1.807) is 30.9 Å². The number of rotatable bonds is 6. The zero-order chi connectivity index (χ0) is 21.8. The third-order valence-electron chi connectivity index (χ3n) is 5.17. The quantitative estimate of drug-likeness (QED) is 0.523. The van der Waals surface area contributed by atoms with E-state index in [4.69, 9.17) is 4.74 Å². The van der Waals surface area contributed by atoms with Crippen molar-refractivity contribution in [3.63, 3.8) is 0 Å². The number of aryl methyl sites for hydroxylation is 1. The number of benzene rings is 2. The van der Waals surface area contributed by atoms with Gasteiger partial charge < -0.3 is 14.6 Å². The minimum absolute atomic E-state index is 0.171. The number of ether oxygens (including phenoxy) is 1. The molecule has 0 atom stereocenters. The standard InChI is InChI=1S/C25H23N3O3/c1-17-21(24(29)26-15-19-9-6-10-20(13-19)31-2)14-22-23(27-17)11-12-28(25(22)30)16-18-7-4-3-5-8-18/h3-14H,15-16H2,1-2H3,(H,26,29). The number of carbonyl (C=O) groups excluding carboxylic acids is 1. The van der Waals surface area contributed by atoms with E-state index in [1.807, 2.05) is 60.7 Å². The van der Waals surface area contributed by atoms with Gasteiger partial charge in [0.05, 0.1) is 35.8 Å². The average Bonchev–Trinajstić information content (AvgIpc) is 2.80. The lowest BCUT2D eigenvalue weighted by Gasteiger charge is -2.11. The van der Waals surface area contributed by atoms with Gasteiger partial charge in [-0.3, -0.25) is 14.6 Å². The first kappa shape index (κ1) is 20.3. The molecule has 6 heteroatoms. The summed E-state index contributed by atoms with van der Waals surface area (Å²) in [5, 5.41) is 3.33. The lowest BCUT2D eigenvalue weighted by Crippen LogP contribution is -2.25. The largest absolute Gasteiger partial charge is 0.497 e. The Morgan fingerprint density at radius 3 is 2.58 bits per heavy atom. The van der Waals surface area contributed by atoms with Gasteiger partial charge in [-0.15, -0.1) is 0 Å². The third kappa shape index (κ3) is 4.48. The first-order valence-electron chi connectivity index (χ1n) is 10.0. The van der Waals surface area contributed by atoms with E-state index in [9.17, 15) is 9.59 Å². The maximum atomic E-state index is 13.0. The monoisotopic (exact) mass is 413 g/mol. The predicted molar refractivity (Wildman–Crippen MR) is 120 cm³/mol. The zero-order valence-electron chi connectivity index (χ0n) is 17.5. The molecule has 0 saturated carbocycles. The Labute approximate surface area is 180 Å². The Morgan fingerprint density at radius 1 is 1.03 bits per heavy atom. The van der Waals surface area contributed by atoms with Crippen molar-refractivity contribution in [3.05, 3.63) is 106 Å². The first-order valence-corrected chi connectivity index (χ1v) is 10.0. The number of hydrogen-bond donors (Lipinski definition) is 1. The number of amides is 1. The van der Waals surface area contributed by atoms with Crippen molar-refractivity contribution in [2.45, 2.75) is 20.0 Å². The number of nitrogens with zero attached hydrogens (tertiary/aromatic N) is 2. The number of nitrogens with one attached hydrogen (secondary N) is 1. The molecule has 0 spiro atoms. The van der Waals surface area contributed by atoms with Gasteiger partial charge >= 0.3 is 0 Å². The molecule has 1 amide bonds. The summed E-state index contributed by atoms with van der Waals surface area (Å²) in [6.07, 6.45) is 1.74. The molecule has 0 bridgehead atoms. The van der Waals surface area contributed by atoms with E-state index in [0.29, 0.717) is 35.2 Å². The summed E-state index contributed by atoms with van der Waals surface area (Å²) in [6, 6.07) is 20.7. The molecular weight excluding hydrogens is 390 g/mol. The maximum Gasteiger partial charge on any atom is 0.260 e. The van der Waals surface area contributed by atoms with Gasteiger partial charge in [-0.05, 0) is 42.3 Å². The van der Waals surface area contributed by atoms with Crippen molar-refractivity contribution < 1.29 is 9.53 Å². The molecule has 156 valence electrons. The number of hydrogen-bond acceptors (Lipinski definition) is 4. The van der Waals surface area contributed by atoms with E-state index in [2.05, 4.69) is 10.3 Å². The Morgan fingerprint density at radius 2 is 1.81 bits per heavy atom. The van der Waals surface area contributed by atoms with E-state index in [1.165, 1.54) is 0 Å². The van der Waals surface area contributed by atoms with Crippen LogP contribution in [0.4, 0.5) is 0 Å². The first-order chi connectivity index (χ1) is 15.0. The minimum Gasteiger partial charge on any atom is -0.497 e. The van der Waals surface area contributed by atoms with Crippen LogP contribution in [0.5, 0.6) is 5.75 Å². The molecule has 4 aromatic rings. The number of aromatic nitrogens is 2. The molecule has 0 saturated heterocycles. The highest BCUT2D eigenvalue weighted by Crippen LogP contribution is 2.16. The van der Waals surface area contributed by atoms with Gasteiger partial charge in [0.1, 0.15) is 5.75 Å². The maximum absolute atomic E-state index is 13.0. The second kappa shape index (κ2) is 8.83. The molecule has 0 radical (unpaired) electrons. The van der Waals surface area contributed by atoms with Crippen LogP contribution in [0.15, 0.2) is 77.7 Å². The summed E-state index contributed by atoms with van der Waals surface area (Å²) in [4.78, 5) is 30.4. The summed E-state index contributed by atoms with van der Waals surface area (Å²) in [7, 11) is 1.60. The van der Waals surface area contributed by atoms with Crippen molar-refractivity contribution in [1.82, 2.24) is 14.9 Å². The fraction of sp³-hybridized carbons (Fsp3) is 0.160. The van der Waals surface area contributed by atoms with Gasteiger partial charge in [0.2, 0.25) is 0 Å². The van der Waals surface area contributed by atoms with Crippen LogP contribution in [-0.2, 0) is 13.1 Å². The number of carbonyl (C=O) groups is 1. The van der Waals surface area contributed by atoms with Crippen molar-refractivity contribution in [2.75, 3.05) is 7.11 Å². The lowest BCUT2D eigenvalue weighted by atomic mass is 10.1. The molecule has 0 aliphatic heterocycles. The van der Waals surface area contributed by atoms with E-state index in [-0.39, 0.29) is 11.5 Å². The van der Waals surface area contributed by atoms with Crippen molar-refractivity contribution in [2.24, 2.45) is 0 Å². The molecule has 2 aromatic heterocycles. The average molecular weight is 413 g/mol. The van der Waals surface area contributed by atoms with Crippen LogP contribution in [0.25, 0.3) is 10.9 Å². The SMILES string of the molecule is COc1cccc(CNC(=O)c2cc3c(=O)n(Cc4ccccc4)ccc3nc2C)c1. The Kier molecular flexibility index (Phi) is 5.80. The molecule has 1 N–H and O–H groups in total. The predicted octanol–water partition coefficient (Wildman–Crippen LogP) is 3.69. The van der Waals surface area contributed by atoms with Gasteiger partial charge in [-0.2, -0.15) is 0 Å². The topological polar surface area (TPSA) is 73.2 Å². The van der Waals surface area contributed by atoms with Crippen LogP contribution < -0.4 is 15.6 Å². The van der Waals surface area contributed by atoms with Gasteiger partial charge in [-0.25, -0.2) is 0 Å². The lowest BCUT2D eigenvalue weighted by molar-refractivity contribution is 0.0950. The molecule has 0 unspecified atom stereocenters. The Hall–Kier alpha value is -3.93. The second-order valence-corrected chi connectivity index (χ2v) is 7.32. The third-order valence-corrected chi connectivity index (χ3v) is 5.17. The highest BCUT2D eigenvalue weighted by atomic mass is 16.5. The molecule has 2 heterocycles. The number of pyridine rings is 2. The number of methoxy groups -OCH3 is 1. The van der Waals surface area contributed by atoms with E-state index in [0.717, 1.165) is 16.9 Å². The smallest absolute Gasteiger partial charge is 0.260 e. The van der Waals surface area contributed by atoms with Gasteiger partial charge in [0, 0.05) is 12.7 Å². The minimum atomic E-state index is -0.271. The van der Waals surface area contributed by atoms with Crippen molar-refractivity contribution in [3.8, 4) is 5.75 Å². The van der Waals surface area contributed by atoms with Crippen LogP contribution in [0.3, 0.4) is 0 Å². The van der Waals surface area contributed by atoms with E-state index >= 15 is 0 Å². The zero-order valence-corrected chi connectivity index (χ0v) is 17.5. The molecule has 4 rings (SSSR count). The molecule has 0 aliphatic carbocycles. The van der Waals surface area contributed by atoms with E-state index < -0.39 is 0 Å². The molecule has 0 aliphatic rings. The van der Waals surface area contributed by atoms with Crippen LogP contribution in [0, 0.1) is 6.92 Å². The molecule has 6 nitrogen and oxygen atoms in total.